The van der Waals surface area contributed by atoms with Crippen LogP contribution in [0.3, 0.4) is 0 Å². The molecule has 0 saturated carbocycles. The number of hydrogen-bond donors (Lipinski definition) is 5. The fraction of sp³-hybridized carbons (Fsp3) is 0.217. The van der Waals surface area contributed by atoms with Crippen LogP contribution in [0.25, 0.3) is 0 Å². The minimum absolute atomic E-state index is 0. The number of oxazole rings is 1. The molecule has 0 aliphatic carbocycles. The van der Waals surface area contributed by atoms with E-state index in [4.69, 9.17) is 4.74 Å². The Morgan fingerprint density at radius 2 is 1.02 bits per heavy atom. The summed E-state index contributed by atoms with van der Waals surface area (Å²) in [5.41, 5.74) is 1.79. The fourth-order valence-electron chi connectivity index (χ4n) is 2.84. The predicted molar refractivity (Wildman–Crippen MR) is 266 cm³/mol. The van der Waals surface area contributed by atoms with Crippen molar-refractivity contribution in [2.75, 3.05) is 26.3 Å². The van der Waals surface area contributed by atoms with E-state index < -0.39 is 0 Å². The van der Waals surface area contributed by atoms with Crippen molar-refractivity contribution in [3.05, 3.63) is 221 Å². The molecule has 0 amide bonds. The summed E-state index contributed by atoms with van der Waals surface area (Å²) < 4.78 is 14.1. The molecule has 1 fully saturated rings. The summed E-state index contributed by atoms with van der Waals surface area (Å²) in [6, 6.07) is 20.5. The van der Waals surface area contributed by atoms with Crippen molar-refractivity contribution in [1.82, 2.24) is 75.6 Å². The van der Waals surface area contributed by atoms with E-state index in [0.717, 1.165) is 26.3 Å². The summed E-state index contributed by atoms with van der Waals surface area (Å²) >= 11 is 1.60. The Morgan fingerprint density at radius 3 is 1.17 bits per heavy atom. The number of furan rings is 1. The standard InChI is InChI=1S/C5H5N.2C4H4N2.C4H9NO.C4H5N.C4H4O.3C3H4N2.C3H3NO.C3H3NS.6CH4/c1-2-4-6-5-3-1;1-2-5-4-6-3-1;1-2-4-6-5-3-1;1-3-6-4-2-5-1;2*1-2-4-5-3-1;2*1-2-5-3-4-1;1-2-4-5-3-1;2*1-2-5-3-4-1;;;;;;/h1-5H;2*1-4H;5H,1-4H2;1-5H;1-4H;3*1-3H,(H,4,5);2*1-3H;6*1H4. The Hall–Kier alpha value is -7.74. The van der Waals surface area contributed by atoms with E-state index >= 15 is 0 Å². The highest BCUT2D eigenvalue weighted by Gasteiger charge is 1.93. The van der Waals surface area contributed by atoms with Crippen LogP contribution in [-0.4, -0.2) is 96.5 Å². The molecule has 0 aromatic carbocycles. The van der Waals surface area contributed by atoms with Gasteiger partial charge in [0.2, 0.25) is 0 Å². The van der Waals surface area contributed by atoms with Gasteiger partial charge in [0.1, 0.15) is 12.6 Å². The highest BCUT2D eigenvalue weighted by Crippen LogP contribution is 1.86. The molecule has 19 heteroatoms. The van der Waals surface area contributed by atoms with Crippen LogP contribution in [0, 0.1) is 0 Å². The third kappa shape index (κ3) is 63.0. The van der Waals surface area contributed by atoms with Crippen molar-refractivity contribution in [3.8, 4) is 0 Å². The van der Waals surface area contributed by atoms with Gasteiger partial charge in [-0.15, -0.1) is 11.3 Å². The van der Waals surface area contributed by atoms with Crippen LogP contribution in [0.2, 0.25) is 0 Å². The molecular formula is C46H73N15O3S. The zero-order valence-corrected chi connectivity index (χ0v) is 33.0. The van der Waals surface area contributed by atoms with E-state index in [2.05, 4.69) is 84.4 Å². The maximum absolute atomic E-state index is 5.01. The SMILES string of the molecule is C.C.C.C.C.C.C1COCCN1.c1c[nH]cn1.c1c[nH]cn1.c1cc[nH]c1.c1ccncc1.c1ccnnc1.c1ccoc1.c1cn[nH]c1.c1cncnc1.c1cocn1.c1cscn1. The molecule has 65 heavy (non-hydrogen) atoms. The van der Waals surface area contributed by atoms with Crippen molar-refractivity contribution < 1.29 is 13.6 Å². The molecular weight excluding hydrogens is 843 g/mol. The minimum atomic E-state index is 0. The molecule has 1 saturated heterocycles. The lowest BCUT2D eigenvalue weighted by atomic mass is 10.5. The summed E-state index contributed by atoms with van der Waals surface area (Å²) in [6.07, 6.45) is 38.5. The Labute approximate surface area is 391 Å². The molecule has 10 aromatic heterocycles. The molecule has 18 nitrogen and oxygen atoms in total. The van der Waals surface area contributed by atoms with Crippen LogP contribution in [0.4, 0.5) is 0 Å². The summed E-state index contributed by atoms with van der Waals surface area (Å²) in [5, 5.41) is 18.4. The second kappa shape index (κ2) is 65.4. The summed E-state index contributed by atoms with van der Waals surface area (Å²) in [7, 11) is 0. The van der Waals surface area contributed by atoms with Crippen molar-refractivity contribution in [3.63, 3.8) is 0 Å². The van der Waals surface area contributed by atoms with Crippen molar-refractivity contribution in [1.29, 1.82) is 0 Å². The van der Waals surface area contributed by atoms with Crippen LogP contribution < -0.4 is 5.32 Å². The molecule has 0 bridgehead atoms. The van der Waals surface area contributed by atoms with E-state index in [0.29, 0.717) is 0 Å². The number of hydrogen-bond acceptors (Lipinski definition) is 15. The molecule has 11 rings (SSSR count). The number of nitrogens with zero attached hydrogens (tertiary/aromatic N) is 10. The molecule has 356 valence electrons. The Balaban J connectivity index is -0.000000146. The summed E-state index contributed by atoms with van der Waals surface area (Å²) in [5.74, 6) is 0. The Kier molecular flexibility index (Phi) is 69.4. The number of H-pyrrole nitrogens is 4. The number of nitrogens with one attached hydrogen (secondary N) is 5. The smallest absolute Gasteiger partial charge is 0.180 e. The summed E-state index contributed by atoms with van der Waals surface area (Å²) in [4.78, 5) is 34.1. The number of aromatic amines is 4. The van der Waals surface area contributed by atoms with Crippen molar-refractivity contribution >= 4 is 11.3 Å². The van der Waals surface area contributed by atoms with Gasteiger partial charge in [0.25, 0.3) is 0 Å². The molecule has 10 aromatic rings. The topological polar surface area (TPSA) is 240 Å². The van der Waals surface area contributed by atoms with E-state index in [9.17, 15) is 0 Å². The van der Waals surface area contributed by atoms with Gasteiger partial charge in [-0.1, -0.05) is 50.6 Å². The van der Waals surface area contributed by atoms with Gasteiger partial charge < -0.3 is 33.8 Å². The van der Waals surface area contributed by atoms with Crippen molar-refractivity contribution in [2.24, 2.45) is 0 Å². The average Bonchev–Trinajstić information content (AvgIpc) is 4.21. The van der Waals surface area contributed by atoms with E-state index in [1.165, 1.54) is 19.0 Å². The monoisotopic (exact) mass is 916 g/mol. The zero-order valence-electron chi connectivity index (χ0n) is 32.2. The maximum Gasteiger partial charge on any atom is 0.180 e. The first-order valence-electron chi connectivity index (χ1n) is 17.5. The molecule has 0 atom stereocenters. The number of ether oxygens (including phenoxy) is 1. The molecule has 1 aliphatic rings. The first-order chi connectivity index (χ1) is 29.5. The quantitative estimate of drug-likeness (QED) is 0.0951. The number of pyridine rings is 1. The number of morpholine rings is 1. The van der Waals surface area contributed by atoms with Crippen LogP contribution in [0.5, 0.6) is 0 Å². The number of imidazole rings is 2. The normalized spacial score (nSPS) is 8.74. The Bertz CT molecular complexity index is 1360. The number of thiazole rings is 1. The zero-order chi connectivity index (χ0) is 41.7. The number of aromatic nitrogens is 14. The van der Waals surface area contributed by atoms with Gasteiger partial charge in [-0.25, -0.2) is 24.9 Å². The molecule has 5 N–H and O–H groups in total. The third-order valence-corrected chi connectivity index (χ3v) is 5.73. The minimum Gasteiger partial charge on any atom is -0.473 e. The maximum atomic E-state index is 5.01. The van der Waals surface area contributed by atoms with Gasteiger partial charge in [0.15, 0.2) is 6.39 Å². The Morgan fingerprint density at radius 1 is 0.415 bits per heavy atom. The fourth-order valence-corrected chi connectivity index (χ4v) is 3.19. The third-order valence-electron chi connectivity index (χ3n) is 5.21. The van der Waals surface area contributed by atoms with Crippen LogP contribution in [0.1, 0.15) is 44.6 Å². The van der Waals surface area contributed by atoms with Crippen LogP contribution >= 0.6 is 11.3 Å². The van der Waals surface area contributed by atoms with Gasteiger partial charge in [0, 0.05) is 111 Å². The lowest BCUT2D eigenvalue weighted by molar-refractivity contribution is 0.109. The van der Waals surface area contributed by atoms with E-state index in [1.54, 1.807) is 135 Å². The highest BCUT2D eigenvalue weighted by atomic mass is 32.1. The van der Waals surface area contributed by atoms with E-state index in [1.807, 2.05) is 78.4 Å². The number of rotatable bonds is 0. The lowest BCUT2D eigenvalue weighted by Crippen LogP contribution is -2.30. The molecule has 11 heterocycles. The van der Waals surface area contributed by atoms with Crippen LogP contribution in [-0.2, 0) is 4.74 Å². The molecule has 1 aliphatic heterocycles. The second-order valence-electron chi connectivity index (χ2n) is 9.52. The predicted octanol–water partition coefficient (Wildman–Crippen LogP) is 10.8. The molecule has 0 spiro atoms. The lowest BCUT2D eigenvalue weighted by Gasteiger charge is -2.10. The van der Waals surface area contributed by atoms with Gasteiger partial charge in [-0.05, 0) is 60.7 Å². The van der Waals surface area contributed by atoms with Gasteiger partial charge in [-0.2, -0.15) is 15.3 Å². The van der Waals surface area contributed by atoms with Crippen LogP contribution in [0.15, 0.2) is 230 Å². The second-order valence-corrected chi connectivity index (χ2v) is 10.3. The first-order valence-corrected chi connectivity index (χ1v) is 18.5. The summed E-state index contributed by atoms with van der Waals surface area (Å²) in [6.45, 7) is 3.83. The van der Waals surface area contributed by atoms with Gasteiger partial charge in [-0.3, -0.25) is 15.1 Å². The average molecular weight is 916 g/mol. The molecule has 0 unspecified atom stereocenters. The van der Waals surface area contributed by atoms with Crippen molar-refractivity contribution in [2.45, 2.75) is 44.6 Å². The highest BCUT2D eigenvalue weighted by molar-refractivity contribution is 7.07. The molecule has 0 radical (unpaired) electrons. The largest absolute Gasteiger partial charge is 0.473 e. The van der Waals surface area contributed by atoms with Gasteiger partial charge in [0.05, 0.1) is 50.1 Å². The first kappa shape index (κ1) is 69.0. The van der Waals surface area contributed by atoms with Gasteiger partial charge >= 0.3 is 0 Å². The van der Waals surface area contributed by atoms with E-state index in [-0.39, 0.29) is 44.6 Å².